The summed E-state index contributed by atoms with van der Waals surface area (Å²) < 4.78 is 11.7. The number of carbonyl (C=O) groups excluding carboxylic acids is 1. The summed E-state index contributed by atoms with van der Waals surface area (Å²) in [6.45, 7) is 0. The molecule has 0 saturated heterocycles. The van der Waals surface area contributed by atoms with Gasteiger partial charge < -0.3 is 20.5 Å². The number of ether oxygens (including phenoxy) is 2. The van der Waals surface area contributed by atoms with E-state index in [1.165, 1.54) is 0 Å². The molecule has 134 valence electrons. The zero-order valence-electron chi connectivity index (χ0n) is 14.2. The summed E-state index contributed by atoms with van der Waals surface area (Å²) in [6.07, 6.45) is 1.55. The Morgan fingerprint density at radius 1 is 1.12 bits per heavy atom. The third-order valence-electron chi connectivity index (χ3n) is 3.75. The molecule has 1 aromatic heterocycles. The first-order chi connectivity index (χ1) is 12.5. The lowest BCUT2D eigenvalue weighted by Crippen LogP contribution is -2.19. The monoisotopic (exact) mass is 372 g/mol. The number of hydrogen-bond acceptors (Lipinski definition) is 5. The van der Waals surface area contributed by atoms with Crippen LogP contribution in [-0.4, -0.2) is 30.0 Å². The number of amides is 1. The second kappa shape index (κ2) is 7.37. The molecule has 3 aromatic rings. The van der Waals surface area contributed by atoms with E-state index < -0.39 is 6.03 Å². The van der Waals surface area contributed by atoms with Gasteiger partial charge in [0.15, 0.2) is 5.82 Å². The number of nitrogen functional groups attached to an aromatic ring is 1. The van der Waals surface area contributed by atoms with Crippen molar-refractivity contribution in [1.82, 2.24) is 9.78 Å². The summed E-state index contributed by atoms with van der Waals surface area (Å²) in [4.78, 5) is 12.4. The van der Waals surface area contributed by atoms with Gasteiger partial charge in [-0.1, -0.05) is 11.6 Å². The van der Waals surface area contributed by atoms with Crippen LogP contribution in [0.2, 0.25) is 5.02 Å². The highest BCUT2D eigenvalue weighted by Gasteiger charge is 2.17. The van der Waals surface area contributed by atoms with Crippen molar-refractivity contribution in [3.63, 3.8) is 0 Å². The minimum Gasteiger partial charge on any atom is -0.497 e. The molecule has 0 atom stereocenters. The van der Waals surface area contributed by atoms with Gasteiger partial charge >= 0.3 is 6.03 Å². The van der Waals surface area contributed by atoms with Crippen LogP contribution in [0.1, 0.15) is 0 Å². The van der Waals surface area contributed by atoms with E-state index in [0.29, 0.717) is 33.3 Å². The van der Waals surface area contributed by atoms with Crippen molar-refractivity contribution in [3.8, 4) is 22.6 Å². The number of anilines is 2. The standard InChI is InChI=1S/C18H17ClN4O3/c1-25-13-7-8-14(16(9-13)26-2)15-10-23(22-17(15)20)18(24)21-12-5-3-11(19)4-6-12/h3-10H,1-2H3,(H2,20,22)(H,21,24). The summed E-state index contributed by atoms with van der Waals surface area (Å²) in [6, 6.07) is 11.6. The van der Waals surface area contributed by atoms with E-state index in [1.54, 1.807) is 62.9 Å². The molecule has 0 aliphatic heterocycles. The van der Waals surface area contributed by atoms with E-state index in [2.05, 4.69) is 10.4 Å². The molecule has 0 bridgehead atoms. The number of methoxy groups -OCH3 is 2. The molecule has 0 fully saturated rings. The number of nitrogens with two attached hydrogens (primary N) is 1. The van der Waals surface area contributed by atoms with Crippen LogP contribution in [0.5, 0.6) is 11.5 Å². The minimum atomic E-state index is -0.447. The van der Waals surface area contributed by atoms with Crippen molar-refractivity contribution in [3.05, 3.63) is 53.7 Å². The van der Waals surface area contributed by atoms with Gasteiger partial charge in [-0.25, -0.2) is 4.79 Å². The number of halogens is 1. The normalized spacial score (nSPS) is 10.4. The fourth-order valence-corrected chi connectivity index (χ4v) is 2.56. The molecule has 3 N–H and O–H groups in total. The predicted octanol–water partition coefficient (Wildman–Crippen LogP) is 3.88. The predicted molar refractivity (Wildman–Crippen MR) is 101 cm³/mol. The Morgan fingerprint density at radius 2 is 1.85 bits per heavy atom. The zero-order valence-corrected chi connectivity index (χ0v) is 14.9. The summed E-state index contributed by atoms with van der Waals surface area (Å²) >= 11 is 5.84. The summed E-state index contributed by atoms with van der Waals surface area (Å²) in [5, 5.41) is 7.39. The maximum absolute atomic E-state index is 12.4. The van der Waals surface area contributed by atoms with Crippen LogP contribution in [0.3, 0.4) is 0 Å². The molecule has 1 heterocycles. The molecule has 2 aromatic carbocycles. The third-order valence-corrected chi connectivity index (χ3v) is 4.00. The van der Waals surface area contributed by atoms with Gasteiger partial charge in [0, 0.05) is 34.1 Å². The number of rotatable bonds is 4. The average Bonchev–Trinajstić information content (AvgIpc) is 3.04. The van der Waals surface area contributed by atoms with Crippen LogP contribution in [0.25, 0.3) is 11.1 Å². The lowest BCUT2D eigenvalue weighted by atomic mass is 10.1. The van der Waals surface area contributed by atoms with Gasteiger partial charge in [-0.3, -0.25) is 0 Å². The van der Waals surface area contributed by atoms with Crippen molar-refractivity contribution in [2.75, 3.05) is 25.3 Å². The van der Waals surface area contributed by atoms with E-state index >= 15 is 0 Å². The molecule has 0 saturated carbocycles. The second-order valence-electron chi connectivity index (χ2n) is 5.38. The highest BCUT2D eigenvalue weighted by molar-refractivity contribution is 6.30. The maximum atomic E-state index is 12.4. The van der Waals surface area contributed by atoms with Gasteiger partial charge in [-0.15, -0.1) is 5.10 Å². The number of hydrogen-bond donors (Lipinski definition) is 2. The molecule has 7 nitrogen and oxygen atoms in total. The van der Waals surface area contributed by atoms with E-state index in [9.17, 15) is 4.79 Å². The van der Waals surface area contributed by atoms with E-state index in [1.807, 2.05) is 0 Å². The second-order valence-corrected chi connectivity index (χ2v) is 5.81. The summed E-state index contributed by atoms with van der Waals surface area (Å²) in [5.74, 6) is 1.42. The minimum absolute atomic E-state index is 0.208. The van der Waals surface area contributed by atoms with E-state index in [4.69, 9.17) is 26.8 Å². The van der Waals surface area contributed by atoms with Crippen LogP contribution < -0.4 is 20.5 Å². The molecule has 0 unspecified atom stereocenters. The largest absolute Gasteiger partial charge is 0.497 e. The summed E-state index contributed by atoms with van der Waals surface area (Å²) in [7, 11) is 3.12. The first-order valence-electron chi connectivity index (χ1n) is 7.66. The van der Waals surface area contributed by atoms with Gasteiger partial charge in [0.1, 0.15) is 11.5 Å². The van der Waals surface area contributed by atoms with Crippen LogP contribution >= 0.6 is 11.6 Å². The fourth-order valence-electron chi connectivity index (χ4n) is 2.43. The third kappa shape index (κ3) is 3.57. The molecule has 0 radical (unpaired) electrons. The Morgan fingerprint density at radius 3 is 2.50 bits per heavy atom. The van der Waals surface area contributed by atoms with Crippen molar-refractivity contribution >= 4 is 29.1 Å². The van der Waals surface area contributed by atoms with Crippen molar-refractivity contribution in [2.45, 2.75) is 0 Å². The molecular formula is C18H17ClN4O3. The SMILES string of the molecule is COc1ccc(-c2cn(C(=O)Nc3ccc(Cl)cc3)nc2N)c(OC)c1. The van der Waals surface area contributed by atoms with Crippen molar-refractivity contribution < 1.29 is 14.3 Å². The Labute approximate surface area is 155 Å². The quantitative estimate of drug-likeness (QED) is 0.725. The van der Waals surface area contributed by atoms with E-state index in [-0.39, 0.29) is 5.82 Å². The lowest BCUT2D eigenvalue weighted by Gasteiger charge is -2.09. The molecule has 3 rings (SSSR count). The van der Waals surface area contributed by atoms with Gasteiger partial charge in [0.25, 0.3) is 0 Å². The Bertz CT molecular complexity index is 938. The Kier molecular flexibility index (Phi) is 4.99. The maximum Gasteiger partial charge on any atom is 0.346 e. The number of nitrogens with one attached hydrogen (secondary N) is 1. The number of nitrogens with zero attached hydrogens (tertiary/aromatic N) is 2. The molecular weight excluding hydrogens is 356 g/mol. The van der Waals surface area contributed by atoms with E-state index in [0.717, 1.165) is 4.68 Å². The lowest BCUT2D eigenvalue weighted by molar-refractivity contribution is 0.251. The Hall–Kier alpha value is -3.19. The number of carbonyl (C=O) groups is 1. The van der Waals surface area contributed by atoms with Gasteiger partial charge in [0.05, 0.1) is 14.2 Å². The van der Waals surface area contributed by atoms with Crippen LogP contribution in [0, 0.1) is 0 Å². The van der Waals surface area contributed by atoms with Gasteiger partial charge in [-0.05, 0) is 36.4 Å². The smallest absolute Gasteiger partial charge is 0.346 e. The van der Waals surface area contributed by atoms with Gasteiger partial charge in [-0.2, -0.15) is 4.68 Å². The van der Waals surface area contributed by atoms with Crippen LogP contribution in [0.4, 0.5) is 16.3 Å². The van der Waals surface area contributed by atoms with Crippen molar-refractivity contribution in [2.24, 2.45) is 0 Å². The number of aromatic nitrogens is 2. The van der Waals surface area contributed by atoms with Crippen molar-refractivity contribution in [1.29, 1.82) is 0 Å². The highest BCUT2D eigenvalue weighted by Crippen LogP contribution is 2.35. The fraction of sp³-hybridized carbons (Fsp3) is 0.111. The average molecular weight is 373 g/mol. The Balaban J connectivity index is 1.89. The zero-order chi connectivity index (χ0) is 18.7. The molecule has 0 aliphatic rings. The summed E-state index contributed by atoms with van der Waals surface area (Å²) in [5.41, 5.74) is 7.88. The topological polar surface area (TPSA) is 91.4 Å². The molecule has 26 heavy (non-hydrogen) atoms. The highest BCUT2D eigenvalue weighted by atomic mass is 35.5. The molecule has 8 heteroatoms. The molecule has 1 amide bonds. The molecule has 0 spiro atoms. The van der Waals surface area contributed by atoms with Gasteiger partial charge in [0.2, 0.25) is 0 Å². The van der Waals surface area contributed by atoms with Crippen LogP contribution in [-0.2, 0) is 0 Å². The first-order valence-corrected chi connectivity index (χ1v) is 8.04. The molecule has 0 aliphatic carbocycles. The van der Waals surface area contributed by atoms with Crippen LogP contribution in [0.15, 0.2) is 48.7 Å². The number of benzene rings is 2. The first kappa shape index (κ1) is 17.6.